The molecule has 0 radical (unpaired) electrons. The van der Waals surface area contributed by atoms with Gasteiger partial charge < -0.3 is 18.9 Å². The molecule has 0 saturated carbocycles. The predicted octanol–water partition coefficient (Wildman–Crippen LogP) is 2.38. The third-order valence-electron chi connectivity index (χ3n) is 5.95. The van der Waals surface area contributed by atoms with Crippen molar-refractivity contribution >= 4 is 16.9 Å². The van der Waals surface area contributed by atoms with Crippen LogP contribution in [-0.2, 0) is 16.0 Å². The first-order valence-electron chi connectivity index (χ1n) is 10.4. The van der Waals surface area contributed by atoms with Crippen molar-refractivity contribution in [3.8, 4) is 0 Å². The molecule has 1 fully saturated rings. The summed E-state index contributed by atoms with van der Waals surface area (Å²) in [5.74, 6) is -0.243. The van der Waals surface area contributed by atoms with Gasteiger partial charge in [0.1, 0.15) is 26.2 Å². The SMILES string of the molecule is Cc1c(C)n(Cc2ccccc2)c2ccc(C(=O)OCC[NH+]3CCOCC3)cc12. The Morgan fingerprint density at radius 2 is 1.86 bits per heavy atom. The molecule has 5 nitrogen and oxygen atoms in total. The van der Waals surface area contributed by atoms with E-state index < -0.39 is 0 Å². The van der Waals surface area contributed by atoms with Gasteiger partial charge in [-0.15, -0.1) is 0 Å². The third kappa shape index (κ3) is 4.36. The summed E-state index contributed by atoms with van der Waals surface area (Å²) in [6, 6.07) is 16.4. The molecule has 1 aliphatic heterocycles. The Kier molecular flexibility index (Phi) is 5.97. The van der Waals surface area contributed by atoms with Gasteiger partial charge in [-0.2, -0.15) is 0 Å². The molecule has 5 heteroatoms. The lowest BCUT2D eigenvalue weighted by Gasteiger charge is -2.23. The number of hydrogen-bond acceptors (Lipinski definition) is 3. The van der Waals surface area contributed by atoms with Gasteiger partial charge in [-0.1, -0.05) is 30.3 Å². The molecule has 0 aliphatic carbocycles. The molecule has 152 valence electrons. The highest BCUT2D eigenvalue weighted by atomic mass is 16.5. The zero-order chi connectivity index (χ0) is 20.2. The van der Waals surface area contributed by atoms with E-state index in [1.807, 2.05) is 24.3 Å². The highest BCUT2D eigenvalue weighted by molar-refractivity contribution is 5.96. The number of nitrogens with one attached hydrogen (secondary N) is 1. The van der Waals surface area contributed by atoms with Crippen molar-refractivity contribution in [1.29, 1.82) is 0 Å². The highest BCUT2D eigenvalue weighted by Crippen LogP contribution is 2.27. The summed E-state index contributed by atoms with van der Waals surface area (Å²) < 4.78 is 13.2. The molecule has 1 saturated heterocycles. The lowest BCUT2D eigenvalue weighted by Crippen LogP contribution is -3.14. The van der Waals surface area contributed by atoms with Gasteiger partial charge in [0, 0.05) is 23.1 Å². The van der Waals surface area contributed by atoms with Crippen LogP contribution in [0.4, 0.5) is 0 Å². The molecule has 2 heterocycles. The van der Waals surface area contributed by atoms with E-state index in [-0.39, 0.29) is 5.97 Å². The maximum Gasteiger partial charge on any atom is 0.338 e. The number of nitrogens with zero attached hydrogens (tertiary/aromatic N) is 1. The van der Waals surface area contributed by atoms with Gasteiger partial charge in [-0.05, 0) is 43.2 Å². The largest absolute Gasteiger partial charge is 0.456 e. The van der Waals surface area contributed by atoms with Crippen LogP contribution in [0.1, 0.15) is 27.2 Å². The second-order valence-electron chi connectivity index (χ2n) is 7.76. The minimum atomic E-state index is -0.243. The molecule has 0 unspecified atom stereocenters. The van der Waals surface area contributed by atoms with Crippen LogP contribution < -0.4 is 4.90 Å². The van der Waals surface area contributed by atoms with E-state index in [1.54, 1.807) is 0 Å². The molecule has 1 N–H and O–H groups in total. The zero-order valence-corrected chi connectivity index (χ0v) is 17.2. The smallest absolute Gasteiger partial charge is 0.338 e. The minimum Gasteiger partial charge on any atom is -0.456 e. The first-order valence-corrected chi connectivity index (χ1v) is 10.4. The molecular weight excluding hydrogens is 364 g/mol. The van der Waals surface area contributed by atoms with Gasteiger partial charge in [0.2, 0.25) is 0 Å². The first kappa shape index (κ1) is 19.7. The Labute approximate surface area is 171 Å². The first-order chi connectivity index (χ1) is 14.1. The highest BCUT2D eigenvalue weighted by Gasteiger charge is 2.17. The van der Waals surface area contributed by atoms with E-state index in [0.717, 1.165) is 50.3 Å². The normalized spacial score (nSPS) is 15.0. The number of hydrogen-bond donors (Lipinski definition) is 1. The van der Waals surface area contributed by atoms with Crippen LogP contribution in [0.25, 0.3) is 10.9 Å². The number of aryl methyl sites for hydroxylation is 1. The predicted molar refractivity (Wildman–Crippen MR) is 114 cm³/mol. The fraction of sp³-hybridized carbons (Fsp3) is 0.375. The molecule has 0 spiro atoms. The van der Waals surface area contributed by atoms with Gasteiger partial charge in [-0.3, -0.25) is 0 Å². The number of ether oxygens (including phenoxy) is 2. The molecule has 4 rings (SSSR count). The van der Waals surface area contributed by atoms with E-state index in [2.05, 4.69) is 42.7 Å². The van der Waals surface area contributed by atoms with Crippen molar-refractivity contribution in [3.63, 3.8) is 0 Å². The van der Waals surface area contributed by atoms with E-state index in [9.17, 15) is 4.79 Å². The number of carbonyl (C=O) groups is 1. The van der Waals surface area contributed by atoms with E-state index in [1.165, 1.54) is 21.7 Å². The molecule has 0 bridgehead atoms. The van der Waals surface area contributed by atoms with Crippen molar-refractivity contribution in [2.45, 2.75) is 20.4 Å². The Morgan fingerprint density at radius 3 is 2.62 bits per heavy atom. The van der Waals surface area contributed by atoms with Crippen LogP contribution in [0.15, 0.2) is 48.5 Å². The van der Waals surface area contributed by atoms with Gasteiger partial charge in [-0.25, -0.2) is 4.79 Å². The number of quaternary nitrogens is 1. The number of benzene rings is 2. The fourth-order valence-electron chi connectivity index (χ4n) is 4.03. The Morgan fingerprint density at radius 1 is 1.10 bits per heavy atom. The summed E-state index contributed by atoms with van der Waals surface area (Å²) in [6.07, 6.45) is 0. The van der Waals surface area contributed by atoms with Crippen LogP contribution in [0.5, 0.6) is 0 Å². The lowest BCUT2D eigenvalue weighted by molar-refractivity contribution is -0.908. The molecule has 1 aromatic heterocycles. The Bertz CT molecular complexity index is 988. The average Bonchev–Trinajstić information content (AvgIpc) is 2.99. The number of rotatable bonds is 6. The monoisotopic (exact) mass is 393 g/mol. The number of fused-ring (bicyclic) bond motifs is 1. The summed E-state index contributed by atoms with van der Waals surface area (Å²) in [7, 11) is 0. The van der Waals surface area contributed by atoms with Crippen molar-refractivity contribution in [2.24, 2.45) is 0 Å². The number of carbonyl (C=O) groups excluding carboxylic acids is 1. The average molecular weight is 394 g/mol. The van der Waals surface area contributed by atoms with Crippen LogP contribution in [-0.4, -0.2) is 50.0 Å². The quantitative estimate of drug-likeness (QED) is 0.654. The maximum atomic E-state index is 12.6. The molecule has 0 atom stereocenters. The second kappa shape index (κ2) is 8.80. The van der Waals surface area contributed by atoms with Crippen LogP contribution in [0, 0.1) is 13.8 Å². The Hall–Kier alpha value is -2.63. The van der Waals surface area contributed by atoms with Gasteiger partial charge in [0.15, 0.2) is 0 Å². The minimum absolute atomic E-state index is 0.243. The van der Waals surface area contributed by atoms with Crippen LogP contribution in [0.3, 0.4) is 0 Å². The van der Waals surface area contributed by atoms with Crippen molar-refractivity contribution in [2.75, 3.05) is 39.5 Å². The summed E-state index contributed by atoms with van der Waals surface area (Å²) in [4.78, 5) is 14.0. The van der Waals surface area contributed by atoms with Gasteiger partial charge in [0.25, 0.3) is 0 Å². The summed E-state index contributed by atoms with van der Waals surface area (Å²) in [5, 5.41) is 1.12. The van der Waals surface area contributed by atoms with Crippen molar-refractivity contribution < 1.29 is 19.2 Å². The number of aromatic nitrogens is 1. The molecule has 2 aromatic carbocycles. The van der Waals surface area contributed by atoms with E-state index >= 15 is 0 Å². The Balaban J connectivity index is 1.48. The topological polar surface area (TPSA) is 44.9 Å². The van der Waals surface area contributed by atoms with Gasteiger partial charge >= 0.3 is 5.97 Å². The lowest BCUT2D eigenvalue weighted by atomic mass is 10.1. The van der Waals surface area contributed by atoms with Gasteiger partial charge in [0.05, 0.1) is 18.8 Å². The molecule has 0 amide bonds. The standard InChI is InChI=1S/C24H28N2O3/c1-18-19(2)26(17-20-6-4-3-5-7-20)23-9-8-21(16-22(18)23)24(27)29-15-12-25-10-13-28-14-11-25/h3-9,16H,10-15,17H2,1-2H3/p+1. The molecular formula is C24H29N2O3+. The summed E-state index contributed by atoms with van der Waals surface area (Å²) >= 11 is 0. The van der Waals surface area contributed by atoms with Crippen LogP contribution >= 0.6 is 0 Å². The van der Waals surface area contributed by atoms with Crippen molar-refractivity contribution in [3.05, 3.63) is 70.9 Å². The molecule has 3 aromatic rings. The summed E-state index contributed by atoms with van der Waals surface area (Å²) in [5.41, 5.74) is 5.47. The fourth-order valence-corrected chi connectivity index (χ4v) is 4.03. The van der Waals surface area contributed by atoms with E-state index in [0.29, 0.717) is 12.2 Å². The summed E-state index contributed by atoms with van der Waals surface area (Å²) in [6.45, 7) is 9.91. The maximum absolute atomic E-state index is 12.6. The van der Waals surface area contributed by atoms with Crippen LogP contribution in [0.2, 0.25) is 0 Å². The molecule has 29 heavy (non-hydrogen) atoms. The third-order valence-corrected chi connectivity index (χ3v) is 5.95. The van der Waals surface area contributed by atoms with E-state index in [4.69, 9.17) is 9.47 Å². The molecule has 1 aliphatic rings. The number of morpholine rings is 1. The van der Waals surface area contributed by atoms with Crippen molar-refractivity contribution in [1.82, 2.24) is 4.57 Å². The number of esters is 1. The second-order valence-corrected chi connectivity index (χ2v) is 7.76. The zero-order valence-electron chi connectivity index (χ0n) is 17.2.